The lowest BCUT2D eigenvalue weighted by atomic mass is 10.2. The van der Waals surface area contributed by atoms with E-state index in [9.17, 15) is 9.18 Å². The van der Waals surface area contributed by atoms with Gasteiger partial charge in [-0.05, 0) is 36.2 Å². The zero-order valence-electron chi connectivity index (χ0n) is 16.8. The molecule has 1 amide bonds. The topological polar surface area (TPSA) is 101 Å². The van der Waals surface area contributed by atoms with Crippen molar-refractivity contribution < 1.29 is 9.18 Å². The van der Waals surface area contributed by atoms with Crippen LogP contribution in [-0.4, -0.2) is 38.9 Å². The Morgan fingerprint density at radius 2 is 2.13 bits per heavy atom. The van der Waals surface area contributed by atoms with E-state index in [4.69, 9.17) is 15.7 Å². The van der Waals surface area contributed by atoms with Crippen molar-refractivity contribution in [1.29, 1.82) is 0 Å². The summed E-state index contributed by atoms with van der Waals surface area (Å²) in [5.74, 6) is 1.66. The van der Waals surface area contributed by atoms with Crippen molar-refractivity contribution in [3.05, 3.63) is 71.3 Å². The number of likely N-dealkylation sites (N-methyl/N-ethyl adjacent to an activating group) is 1. The van der Waals surface area contributed by atoms with Gasteiger partial charge in [-0.2, -0.15) is 0 Å². The molecule has 0 spiro atoms. The lowest BCUT2D eigenvalue weighted by molar-refractivity contribution is 0.100. The lowest BCUT2D eigenvalue weighted by Gasteiger charge is -2.15. The van der Waals surface area contributed by atoms with Crippen molar-refractivity contribution in [3.63, 3.8) is 0 Å². The predicted octanol–water partition coefficient (Wildman–Crippen LogP) is 2.63. The van der Waals surface area contributed by atoms with Crippen molar-refractivity contribution in [3.8, 4) is 11.6 Å². The Bertz CT molecular complexity index is 1320. The molecule has 1 aliphatic rings. The van der Waals surface area contributed by atoms with Crippen molar-refractivity contribution in [1.82, 2.24) is 19.4 Å². The number of nitrogens with one attached hydrogen (secondary N) is 1. The van der Waals surface area contributed by atoms with Gasteiger partial charge < -0.3 is 16.0 Å². The Balaban J connectivity index is 1.58. The lowest BCUT2D eigenvalue weighted by Crippen LogP contribution is -2.15. The van der Waals surface area contributed by atoms with E-state index in [-0.39, 0.29) is 5.82 Å². The summed E-state index contributed by atoms with van der Waals surface area (Å²) in [7, 11) is 1.98. The summed E-state index contributed by atoms with van der Waals surface area (Å²) in [6.07, 6.45) is 4.20. The van der Waals surface area contributed by atoms with Crippen molar-refractivity contribution in [2.45, 2.75) is 13.0 Å². The molecule has 3 aromatic heterocycles. The number of benzene rings is 1. The van der Waals surface area contributed by atoms with Crippen LogP contribution in [0.25, 0.3) is 17.2 Å². The molecule has 1 aliphatic heterocycles. The number of imidazole rings is 1. The maximum atomic E-state index is 13.5. The van der Waals surface area contributed by atoms with Gasteiger partial charge in [-0.25, -0.2) is 19.3 Å². The molecule has 0 aliphatic carbocycles. The van der Waals surface area contributed by atoms with E-state index in [0.29, 0.717) is 35.1 Å². The maximum Gasteiger partial charge on any atom is 0.250 e. The summed E-state index contributed by atoms with van der Waals surface area (Å²) < 4.78 is 15.3. The highest BCUT2D eigenvalue weighted by Crippen LogP contribution is 2.33. The molecule has 0 fully saturated rings. The summed E-state index contributed by atoms with van der Waals surface area (Å²) in [4.78, 5) is 27.8. The van der Waals surface area contributed by atoms with E-state index in [1.54, 1.807) is 35.0 Å². The Morgan fingerprint density at radius 1 is 1.26 bits per heavy atom. The van der Waals surface area contributed by atoms with Crippen LogP contribution in [-0.2, 0) is 13.0 Å². The second-order valence-corrected chi connectivity index (χ2v) is 7.48. The number of fused-ring (bicyclic) bond motifs is 2. The molecule has 5 rings (SSSR count). The largest absolute Gasteiger partial charge is 0.366 e. The van der Waals surface area contributed by atoms with Gasteiger partial charge in [-0.3, -0.25) is 9.20 Å². The first kappa shape index (κ1) is 19.0. The van der Waals surface area contributed by atoms with Gasteiger partial charge in [0.1, 0.15) is 17.5 Å². The summed E-state index contributed by atoms with van der Waals surface area (Å²) in [5, 5.41) is 3.33. The van der Waals surface area contributed by atoms with Crippen LogP contribution in [0.4, 0.5) is 16.0 Å². The van der Waals surface area contributed by atoms with Crippen LogP contribution < -0.4 is 16.0 Å². The third kappa shape index (κ3) is 3.33. The van der Waals surface area contributed by atoms with Crippen LogP contribution in [0.2, 0.25) is 0 Å². The van der Waals surface area contributed by atoms with Crippen molar-refractivity contribution in [2.24, 2.45) is 5.73 Å². The van der Waals surface area contributed by atoms with E-state index in [1.165, 1.54) is 12.1 Å². The number of nitrogens with zero attached hydrogens (tertiary/aromatic N) is 5. The smallest absolute Gasteiger partial charge is 0.250 e. The normalized spacial score (nSPS) is 12.9. The number of pyridine rings is 1. The molecule has 0 saturated carbocycles. The van der Waals surface area contributed by atoms with E-state index in [1.807, 2.05) is 13.1 Å². The average Bonchev–Trinajstić information content (AvgIpc) is 3.35. The number of anilines is 2. The Labute approximate surface area is 177 Å². The third-order valence-electron chi connectivity index (χ3n) is 5.43. The average molecular weight is 417 g/mol. The number of carbonyl (C=O) groups is 1. The number of hydrogen-bond acceptors (Lipinski definition) is 6. The van der Waals surface area contributed by atoms with Crippen molar-refractivity contribution >= 4 is 23.1 Å². The number of rotatable bonds is 5. The number of primary amides is 1. The first-order valence-corrected chi connectivity index (χ1v) is 9.88. The minimum Gasteiger partial charge on any atom is -0.366 e. The molecule has 4 aromatic rings. The maximum absolute atomic E-state index is 13.5. The molecule has 1 aromatic carbocycles. The van der Waals surface area contributed by atoms with Crippen LogP contribution >= 0.6 is 0 Å². The Kier molecular flexibility index (Phi) is 4.50. The fourth-order valence-corrected chi connectivity index (χ4v) is 3.88. The van der Waals surface area contributed by atoms with Crippen LogP contribution in [0.15, 0.2) is 48.8 Å². The third-order valence-corrected chi connectivity index (χ3v) is 5.43. The standard InChI is InChI=1S/C22H20FN7O/c1-29-9-7-16-19(25-11-13-4-2-5-14(23)10-13)27-20(28-21(16)29)22-26-12-17-15(18(24)31)6-3-8-30(17)22/h2-6,8,10,12H,7,9,11H2,1H3,(H2,24,31)(H,25,27,28). The van der Waals surface area contributed by atoms with Gasteiger partial charge in [0.05, 0.1) is 17.3 Å². The molecule has 0 atom stereocenters. The first-order chi connectivity index (χ1) is 15.0. The number of halogens is 1. The van der Waals surface area contributed by atoms with Crippen LogP contribution in [0.1, 0.15) is 21.5 Å². The van der Waals surface area contributed by atoms with Gasteiger partial charge in [-0.1, -0.05) is 12.1 Å². The van der Waals surface area contributed by atoms with E-state index in [2.05, 4.69) is 15.2 Å². The van der Waals surface area contributed by atoms with Crippen molar-refractivity contribution in [2.75, 3.05) is 23.8 Å². The molecule has 156 valence electrons. The number of nitrogens with two attached hydrogens (primary N) is 1. The Hall–Kier alpha value is -4.01. The molecule has 31 heavy (non-hydrogen) atoms. The molecule has 8 nitrogen and oxygen atoms in total. The highest BCUT2D eigenvalue weighted by atomic mass is 19.1. The molecule has 0 saturated heterocycles. The monoisotopic (exact) mass is 417 g/mol. The van der Waals surface area contributed by atoms with Gasteiger partial charge >= 0.3 is 0 Å². The minimum absolute atomic E-state index is 0.276. The first-order valence-electron chi connectivity index (χ1n) is 9.88. The number of hydrogen-bond donors (Lipinski definition) is 2. The number of carbonyl (C=O) groups excluding carboxylic acids is 1. The molecule has 0 bridgehead atoms. The zero-order valence-corrected chi connectivity index (χ0v) is 16.8. The quantitative estimate of drug-likeness (QED) is 0.518. The second kappa shape index (κ2) is 7.35. The zero-order chi connectivity index (χ0) is 21.5. The van der Waals surface area contributed by atoms with Crippen LogP contribution in [0.5, 0.6) is 0 Å². The Morgan fingerprint density at radius 3 is 2.94 bits per heavy atom. The summed E-state index contributed by atoms with van der Waals surface area (Å²) in [6, 6.07) is 9.85. The summed E-state index contributed by atoms with van der Waals surface area (Å²) >= 11 is 0. The van der Waals surface area contributed by atoms with Gasteiger partial charge in [0.2, 0.25) is 0 Å². The van der Waals surface area contributed by atoms with Gasteiger partial charge in [-0.15, -0.1) is 0 Å². The van der Waals surface area contributed by atoms with Gasteiger partial charge in [0, 0.05) is 31.9 Å². The second-order valence-electron chi connectivity index (χ2n) is 7.48. The fourth-order valence-electron chi connectivity index (χ4n) is 3.88. The fraction of sp³-hybridized carbons (Fsp3) is 0.182. The van der Waals surface area contributed by atoms with E-state index < -0.39 is 5.91 Å². The highest BCUT2D eigenvalue weighted by molar-refractivity contribution is 5.99. The van der Waals surface area contributed by atoms with Gasteiger partial charge in [0.15, 0.2) is 11.6 Å². The highest BCUT2D eigenvalue weighted by Gasteiger charge is 2.25. The number of amides is 1. The van der Waals surface area contributed by atoms with Crippen LogP contribution in [0, 0.1) is 5.82 Å². The molecule has 9 heteroatoms. The predicted molar refractivity (Wildman–Crippen MR) is 115 cm³/mol. The molecule has 4 heterocycles. The molecular weight excluding hydrogens is 397 g/mol. The summed E-state index contributed by atoms with van der Waals surface area (Å²) in [5.41, 5.74) is 8.30. The summed E-state index contributed by atoms with van der Waals surface area (Å²) in [6.45, 7) is 1.26. The minimum atomic E-state index is -0.524. The van der Waals surface area contributed by atoms with E-state index >= 15 is 0 Å². The number of aromatic nitrogens is 4. The molecule has 0 radical (unpaired) electrons. The van der Waals surface area contributed by atoms with E-state index in [0.717, 1.165) is 29.9 Å². The SMILES string of the molecule is CN1CCc2c(NCc3cccc(F)c3)nc(-c3ncc4c(C(N)=O)cccn34)nc21. The molecule has 0 unspecified atom stereocenters. The van der Waals surface area contributed by atoms with Crippen LogP contribution in [0.3, 0.4) is 0 Å². The molecule has 3 N–H and O–H groups in total. The molecular formula is C22H20FN7O. The van der Waals surface area contributed by atoms with Gasteiger partial charge in [0.25, 0.3) is 5.91 Å².